The van der Waals surface area contributed by atoms with Gasteiger partial charge in [0.2, 0.25) is 0 Å². The summed E-state index contributed by atoms with van der Waals surface area (Å²) >= 11 is 0. The van der Waals surface area contributed by atoms with Crippen molar-refractivity contribution < 1.29 is 14.4 Å². The molecular weight excluding hydrogens is 208 g/mol. The molecule has 0 saturated carbocycles. The number of carbonyl (C=O) groups is 1. The van der Waals surface area contributed by atoms with E-state index in [-0.39, 0.29) is 5.92 Å². The van der Waals surface area contributed by atoms with E-state index in [1.54, 1.807) is 20.8 Å². The third-order valence-electron chi connectivity index (χ3n) is 2.10. The fourth-order valence-electron chi connectivity index (χ4n) is 1.04. The molecule has 3 N–H and O–H groups in total. The van der Waals surface area contributed by atoms with Gasteiger partial charge in [0, 0.05) is 0 Å². The molecule has 0 rings (SSSR count). The molecular formula is C11H24N2O3. The van der Waals surface area contributed by atoms with Crippen molar-refractivity contribution in [2.24, 2.45) is 17.6 Å². The maximum absolute atomic E-state index is 11.2. The SMILES string of the molecule is CC(C)C(CN)CONC(=O)OC(C)(C)C. The molecule has 0 aromatic heterocycles. The second-order valence-corrected chi connectivity index (χ2v) is 5.15. The number of amides is 1. The van der Waals surface area contributed by atoms with E-state index in [4.69, 9.17) is 15.3 Å². The molecule has 1 atom stereocenters. The van der Waals surface area contributed by atoms with E-state index in [2.05, 4.69) is 19.3 Å². The zero-order chi connectivity index (χ0) is 12.8. The van der Waals surface area contributed by atoms with Crippen molar-refractivity contribution in [1.82, 2.24) is 5.48 Å². The van der Waals surface area contributed by atoms with E-state index in [0.29, 0.717) is 19.1 Å². The van der Waals surface area contributed by atoms with Gasteiger partial charge in [-0.05, 0) is 39.2 Å². The van der Waals surface area contributed by atoms with Gasteiger partial charge in [0.25, 0.3) is 0 Å². The summed E-state index contributed by atoms with van der Waals surface area (Å²) in [6.45, 7) is 10.4. The van der Waals surface area contributed by atoms with Crippen molar-refractivity contribution >= 4 is 6.09 Å². The number of carbonyl (C=O) groups excluding carboxylic acids is 1. The maximum Gasteiger partial charge on any atom is 0.431 e. The summed E-state index contributed by atoms with van der Waals surface area (Å²) in [7, 11) is 0. The summed E-state index contributed by atoms with van der Waals surface area (Å²) < 4.78 is 5.01. The Bertz CT molecular complexity index is 212. The highest BCUT2D eigenvalue weighted by molar-refractivity contribution is 5.66. The van der Waals surface area contributed by atoms with Gasteiger partial charge in [-0.3, -0.25) is 4.84 Å². The van der Waals surface area contributed by atoms with Crippen LogP contribution in [0.1, 0.15) is 34.6 Å². The molecule has 0 aromatic carbocycles. The van der Waals surface area contributed by atoms with Crippen molar-refractivity contribution in [2.45, 2.75) is 40.2 Å². The summed E-state index contributed by atoms with van der Waals surface area (Å²) in [5, 5.41) is 0. The molecule has 0 bridgehead atoms. The van der Waals surface area contributed by atoms with E-state index < -0.39 is 11.7 Å². The fraction of sp³-hybridized carbons (Fsp3) is 0.909. The Morgan fingerprint density at radius 3 is 2.31 bits per heavy atom. The maximum atomic E-state index is 11.2. The third-order valence-corrected chi connectivity index (χ3v) is 2.10. The Hall–Kier alpha value is -0.810. The van der Waals surface area contributed by atoms with Gasteiger partial charge >= 0.3 is 6.09 Å². The second-order valence-electron chi connectivity index (χ2n) is 5.15. The summed E-state index contributed by atoms with van der Waals surface area (Å²) in [5.74, 6) is 0.653. The average molecular weight is 232 g/mol. The van der Waals surface area contributed by atoms with Crippen LogP contribution in [0.15, 0.2) is 0 Å². The van der Waals surface area contributed by atoms with Crippen molar-refractivity contribution in [3.05, 3.63) is 0 Å². The molecule has 0 aliphatic carbocycles. The fourth-order valence-corrected chi connectivity index (χ4v) is 1.04. The highest BCUT2D eigenvalue weighted by Gasteiger charge is 2.17. The van der Waals surface area contributed by atoms with Crippen LogP contribution in [-0.2, 0) is 9.57 Å². The average Bonchev–Trinajstić information content (AvgIpc) is 2.08. The normalized spacial score (nSPS) is 13.7. The zero-order valence-electron chi connectivity index (χ0n) is 10.9. The molecule has 1 amide bonds. The molecule has 0 saturated heterocycles. The first-order valence-electron chi connectivity index (χ1n) is 5.57. The van der Waals surface area contributed by atoms with Gasteiger partial charge in [-0.25, -0.2) is 4.79 Å². The number of nitrogens with one attached hydrogen (secondary N) is 1. The molecule has 16 heavy (non-hydrogen) atoms. The Balaban J connectivity index is 3.77. The second kappa shape index (κ2) is 6.70. The molecule has 0 aliphatic rings. The Morgan fingerprint density at radius 1 is 1.38 bits per heavy atom. The lowest BCUT2D eigenvalue weighted by Gasteiger charge is -2.21. The first-order valence-corrected chi connectivity index (χ1v) is 5.57. The third kappa shape index (κ3) is 7.48. The first kappa shape index (κ1) is 15.2. The minimum Gasteiger partial charge on any atom is -0.442 e. The summed E-state index contributed by atoms with van der Waals surface area (Å²) in [6.07, 6.45) is -0.577. The van der Waals surface area contributed by atoms with Crippen molar-refractivity contribution in [1.29, 1.82) is 0 Å². The van der Waals surface area contributed by atoms with Gasteiger partial charge < -0.3 is 10.5 Å². The van der Waals surface area contributed by atoms with E-state index in [0.717, 1.165) is 0 Å². The van der Waals surface area contributed by atoms with Crippen molar-refractivity contribution in [2.75, 3.05) is 13.2 Å². The molecule has 0 spiro atoms. The van der Waals surface area contributed by atoms with Crippen LogP contribution < -0.4 is 11.2 Å². The van der Waals surface area contributed by atoms with Gasteiger partial charge in [-0.1, -0.05) is 13.8 Å². The number of nitrogens with two attached hydrogens (primary N) is 1. The molecule has 5 nitrogen and oxygen atoms in total. The number of hydrogen-bond donors (Lipinski definition) is 2. The van der Waals surface area contributed by atoms with Crippen LogP contribution in [0.25, 0.3) is 0 Å². The van der Waals surface area contributed by atoms with Crippen LogP contribution >= 0.6 is 0 Å². The van der Waals surface area contributed by atoms with Crippen LogP contribution in [0.5, 0.6) is 0 Å². The Kier molecular flexibility index (Phi) is 6.36. The highest BCUT2D eigenvalue weighted by atomic mass is 16.7. The smallest absolute Gasteiger partial charge is 0.431 e. The van der Waals surface area contributed by atoms with Gasteiger partial charge in [-0.15, -0.1) is 0 Å². The Labute approximate surface area is 97.6 Å². The van der Waals surface area contributed by atoms with E-state index >= 15 is 0 Å². The largest absolute Gasteiger partial charge is 0.442 e. The lowest BCUT2D eigenvalue weighted by Crippen LogP contribution is -2.35. The molecule has 96 valence electrons. The van der Waals surface area contributed by atoms with Crippen LogP contribution in [0.2, 0.25) is 0 Å². The minimum atomic E-state index is -0.577. The first-order chi connectivity index (χ1) is 7.26. The Morgan fingerprint density at radius 2 is 1.94 bits per heavy atom. The molecule has 5 heteroatoms. The molecule has 1 unspecified atom stereocenters. The van der Waals surface area contributed by atoms with E-state index in [1.165, 1.54) is 0 Å². The highest BCUT2D eigenvalue weighted by Crippen LogP contribution is 2.09. The predicted octanol–water partition coefficient (Wildman–Crippen LogP) is 1.67. The molecule has 0 heterocycles. The van der Waals surface area contributed by atoms with Crippen molar-refractivity contribution in [3.8, 4) is 0 Å². The summed E-state index contributed by atoms with van der Waals surface area (Å²) in [4.78, 5) is 16.3. The molecule has 0 fully saturated rings. The molecule has 0 aromatic rings. The number of hydroxylamine groups is 1. The van der Waals surface area contributed by atoms with Gasteiger partial charge in [0.05, 0.1) is 6.61 Å². The predicted molar refractivity (Wildman–Crippen MR) is 62.7 cm³/mol. The summed E-state index contributed by atoms with van der Waals surface area (Å²) in [6, 6.07) is 0. The molecule has 0 radical (unpaired) electrons. The van der Waals surface area contributed by atoms with Crippen LogP contribution in [-0.4, -0.2) is 24.8 Å². The van der Waals surface area contributed by atoms with Gasteiger partial charge in [-0.2, -0.15) is 5.48 Å². The van der Waals surface area contributed by atoms with Gasteiger partial charge in [0.1, 0.15) is 5.60 Å². The zero-order valence-corrected chi connectivity index (χ0v) is 10.9. The van der Waals surface area contributed by atoms with E-state index in [9.17, 15) is 4.79 Å². The lowest BCUT2D eigenvalue weighted by atomic mass is 9.97. The van der Waals surface area contributed by atoms with Crippen LogP contribution in [0.3, 0.4) is 0 Å². The number of rotatable bonds is 5. The van der Waals surface area contributed by atoms with Crippen LogP contribution in [0.4, 0.5) is 4.79 Å². The standard InChI is InChI=1S/C11H24N2O3/c1-8(2)9(6-12)7-15-13-10(14)16-11(3,4)5/h8-9H,6-7,12H2,1-5H3,(H,13,14). The van der Waals surface area contributed by atoms with E-state index in [1.807, 2.05) is 0 Å². The number of hydrogen-bond acceptors (Lipinski definition) is 4. The summed E-state index contributed by atoms with van der Waals surface area (Å²) in [5.41, 5.74) is 7.30. The van der Waals surface area contributed by atoms with Gasteiger partial charge in [0.15, 0.2) is 0 Å². The molecule has 0 aliphatic heterocycles. The minimum absolute atomic E-state index is 0.231. The quantitative estimate of drug-likeness (QED) is 0.707. The topological polar surface area (TPSA) is 73.6 Å². The lowest BCUT2D eigenvalue weighted by molar-refractivity contribution is -0.0212. The monoisotopic (exact) mass is 232 g/mol. The van der Waals surface area contributed by atoms with Crippen LogP contribution in [0, 0.1) is 11.8 Å². The van der Waals surface area contributed by atoms with Crippen molar-refractivity contribution in [3.63, 3.8) is 0 Å². The number of ether oxygens (including phenoxy) is 1.